The lowest BCUT2D eigenvalue weighted by Gasteiger charge is -2.18. The van der Waals surface area contributed by atoms with Gasteiger partial charge in [0.2, 0.25) is 0 Å². The number of benzene rings is 4. The maximum Gasteiger partial charge on any atom is 0.0705 e. The number of nitrogens with zero attached hydrogens (tertiary/aromatic N) is 1. The summed E-state index contributed by atoms with van der Waals surface area (Å²) >= 11 is 0. The van der Waals surface area contributed by atoms with E-state index in [9.17, 15) is 0 Å². The number of aromatic nitrogens is 1. The van der Waals surface area contributed by atoms with Crippen molar-refractivity contribution in [1.82, 2.24) is 4.98 Å². The second kappa shape index (κ2) is 10.4. The fraction of sp³-hybridized carbons (Fsp3) is 0.0645. The van der Waals surface area contributed by atoms with E-state index in [0.29, 0.717) is 0 Å². The van der Waals surface area contributed by atoms with Gasteiger partial charge in [-0.15, -0.1) is 0 Å². The van der Waals surface area contributed by atoms with Crippen LogP contribution in [0.25, 0.3) is 22.4 Å². The van der Waals surface area contributed by atoms with Gasteiger partial charge in [-0.3, -0.25) is 4.98 Å². The van der Waals surface area contributed by atoms with Crippen molar-refractivity contribution in [3.63, 3.8) is 0 Å². The summed E-state index contributed by atoms with van der Waals surface area (Å²) in [5.41, 5.74) is 5.79. The Morgan fingerprint density at radius 2 is 1.03 bits per heavy atom. The predicted molar refractivity (Wildman–Crippen MR) is 143 cm³/mol. The number of hydrogen-bond donors (Lipinski definition) is 0. The van der Waals surface area contributed by atoms with E-state index in [0.717, 1.165) is 29.5 Å². The quantitative estimate of drug-likeness (QED) is 0.245. The third kappa shape index (κ3) is 5.28. The molecule has 0 spiro atoms. The van der Waals surface area contributed by atoms with E-state index in [4.69, 9.17) is 4.98 Å². The van der Waals surface area contributed by atoms with Gasteiger partial charge in [-0.25, -0.2) is 0 Å². The van der Waals surface area contributed by atoms with Crippen LogP contribution in [0.3, 0.4) is 0 Å². The molecular formula is C31H26NP. The Hall–Kier alpha value is -3.54. The molecule has 0 bridgehead atoms. The Balaban J connectivity index is 1.38. The molecule has 0 aliphatic carbocycles. The first-order chi connectivity index (χ1) is 16.4. The minimum Gasteiger partial charge on any atom is -0.253 e. The summed E-state index contributed by atoms with van der Waals surface area (Å²) in [6, 6.07) is 47.4. The molecule has 0 fully saturated rings. The standard InChI is InChI=1S/C31H26NP/c1-4-12-25(13-5-1)26-14-10-15-27(24-26)31-21-11-16-28(32-31)22-23-33(29-17-6-2-7-18-29)30-19-8-3-9-20-30/h1-21,24H,22-23H2. The largest absolute Gasteiger partial charge is 0.253 e. The molecule has 5 rings (SSSR count). The fourth-order valence-corrected chi connectivity index (χ4v) is 6.45. The van der Waals surface area contributed by atoms with E-state index in [-0.39, 0.29) is 0 Å². The van der Waals surface area contributed by atoms with Crippen molar-refractivity contribution in [2.24, 2.45) is 0 Å². The first kappa shape index (κ1) is 21.3. The van der Waals surface area contributed by atoms with Gasteiger partial charge in [0.1, 0.15) is 0 Å². The molecule has 4 aromatic carbocycles. The number of rotatable bonds is 7. The normalized spacial score (nSPS) is 10.9. The average Bonchev–Trinajstić information content (AvgIpc) is 2.91. The Kier molecular flexibility index (Phi) is 6.71. The van der Waals surface area contributed by atoms with Crippen LogP contribution in [0.4, 0.5) is 0 Å². The fourth-order valence-electron chi connectivity index (χ4n) is 4.12. The summed E-state index contributed by atoms with van der Waals surface area (Å²) in [6.45, 7) is 0. The topological polar surface area (TPSA) is 12.9 Å². The highest BCUT2D eigenvalue weighted by Crippen LogP contribution is 2.34. The van der Waals surface area contributed by atoms with Crippen molar-refractivity contribution in [3.8, 4) is 22.4 Å². The molecule has 1 heterocycles. The van der Waals surface area contributed by atoms with Gasteiger partial charge >= 0.3 is 0 Å². The SMILES string of the molecule is c1ccc(-c2cccc(-c3cccc(CCP(c4ccccc4)c4ccccc4)n3)c2)cc1. The van der Waals surface area contributed by atoms with Crippen LogP contribution in [0.5, 0.6) is 0 Å². The number of pyridine rings is 1. The molecule has 2 heteroatoms. The number of aryl methyl sites for hydroxylation is 1. The average molecular weight is 444 g/mol. The molecule has 0 atom stereocenters. The molecular weight excluding hydrogens is 417 g/mol. The Labute approximate surface area is 197 Å². The molecule has 1 aromatic heterocycles. The molecule has 1 nitrogen and oxygen atoms in total. The van der Waals surface area contributed by atoms with E-state index >= 15 is 0 Å². The number of hydrogen-bond acceptors (Lipinski definition) is 1. The van der Waals surface area contributed by atoms with Crippen LogP contribution >= 0.6 is 7.92 Å². The highest BCUT2D eigenvalue weighted by atomic mass is 31.1. The molecule has 0 amide bonds. The van der Waals surface area contributed by atoms with Gasteiger partial charge < -0.3 is 0 Å². The summed E-state index contributed by atoms with van der Waals surface area (Å²) in [7, 11) is -0.414. The van der Waals surface area contributed by atoms with Gasteiger partial charge in [-0.1, -0.05) is 115 Å². The van der Waals surface area contributed by atoms with Gasteiger partial charge in [-0.2, -0.15) is 0 Å². The molecule has 0 aliphatic heterocycles. The third-order valence-electron chi connectivity index (χ3n) is 5.80. The summed E-state index contributed by atoms with van der Waals surface area (Å²) < 4.78 is 0. The van der Waals surface area contributed by atoms with E-state index in [1.807, 2.05) is 0 Å². The molecule has 0 saturated carbocycles. The molecule has 0 unspecified atom stereocenters. The van der Waals surface area contributed by atoms with E-state index in [2.05, 4.69) is 133 Å². The molecule has 0 saturated heterocycles. The molecule has 5 aromatic rings. The van der Waals surface area contributed by atoms with Crippen molar-refractivity contribution in [2.75, 3.05) is 6.16 Å². The van der Waals surface area contributed by atoms with Gasteiger partial charge in [0.05, 0.1) is 5.69 Å². The third-order valence-corrected chi connectivity index (χ3v) is 8.31. The minimum atomic E-state index is -0.414. The van der Waals surface area contributed by atoms with Crippen LogP contribution in [0, 0.1) is 0 Å². The van der Waals surface area contributed by atoms with Crippen LogP contribution in [0.15, 0.2) is 133 Å². The molecule has 160 valence electrons. The maximum atomic E-state index is 5.05. The highest BCUT2D eigenvalue weighted by Gasteiger charge is 2.14. The van der Waals surface area contributed by atoms with Crippen molar-refractivity contribution >= 4 is 18.5 Å². The maximum absolute atomic E-state index is 5.05. The smallest absolute Gasteiger partial charge is 0.0705 e. The van der Waals surface area contributed by atoms with Crippen molar-refractivity contribution in [3.05, 3.63) is 139 Å². The first-order valence-electron chi connectivity index (χ1n) is 11.4. The predicted octanol–water partition coefficient (Wildman–Crippen LogP) is 7.09. The van der Waals surface area contributed by atoms with E-state index in [1.54, 1.807) is 0 Å². The van der Waals surface area contributed by atoms with Crippen LogP contribution in [0.1, 0.15) is 5.69 Å². The van der Waals surface area contributed by atoms with Crippen molar-refractivity contribution in [1.29, 1.82) is 0 Å². The Bertz CT molecular complexity index is 1260. The zero-order chi connectivity index (χ0) is 22.3. The second-order valence-electron chi connectivity index (χ2n) is 8.03. The monoisotopic (exact) mass is 443 g/mol. The van der Waals surface area contributed by atoms with Crippen LogP contribution in [-0.4, -0.2) is 11.1 Å². The summed E-state index contributed by atoms with van der Waals surface area (Å²) in [5, 5.41) is 2.84. The van der Waals surface area contributed by atoms with Gasteiger partial charge in [-0.05, 0) is 60.4 Å². The summed E-state index contributed by atoms with van der Waals surface area (Å²) in [6.07, 6.45) is 2.05. The first-order valence-corrected chi connectivity index (χ1v) is 12.9. The van der Waals surface area contributed by atoms with Crippen LogP contribution in [0.2, 0.25) is 0 Å². The Morgan fingerprint density at radius 3 is 1.70 bits per heavy atom. The van der Waals surface area contributed by atoms with Crippen molar-refractivity contribution in [2.45, 2.75) is 6.42 Å². The van der Waals surface area contributed by atoms with E-state index in [1.165, 1.54) is 21.7 Å². The summed E-state index contributed by atoms with van der Waals surface area (Å²) in [4.78, 5) is 5.05. The summed E-state index contributed by atoms with van der Waals surface area (Å²) in [5.74, 6) is 0. The lowest BCUT2D eigenvalue weighted by molar-refractivity contribution is 1.05. The lowest BCUT2D eigenvalue weighted by Crippen LogP contribution is -2.15. The molecule has 0 N–H and O–H groups in total. The minimum absolute atomic E-state index is 0.414. The highest BCUT2D eigenvalue weighted by molar-refractivity contribution is 7.73. The lowest BCUT2D eigenvalue weighted by atomic mass is 10.0. The molecule has 0 aliphatic rings. The van der Waals surface area contributed by atoms with Gasteiger partial charge in [0.25, 0.3) is 0 Å². The van der Waals surface area contributed by atoms with Gasteiger partial charge in [0, 0.05) is 11.3 Å². The second-order valence-corrected chi connectivity index (χ2v) is 10.4. The van der Waals surface area contributed by atoms with Gasteiger partial charge in [0.15, 0.2) is 0 Å². The zero-order valence-corrected chi connectivity index (χ0v) is 19.4. The Morgan fingerprint density at radius 1 is 0.485 bits per heavy atom. The molecule has 33 heavy (non-hydrogen) atoms. The zero-order valence-electron chi connectivity index (χ0n) is 18.5. The van der Waals surface area contributed by atoms with Crippen molar-refractivity contribution < 1.29 is 0 Å². The van der Waals surface area contributed by atoms with E-state index < -0.39 is 7.92 Å². The molecule has 0 radical (unpaired) electrons. The van der Waals surface area contributed by atoms with Crippen LogP contribution in [-0.2, 0) is 6.42 Å². The van der Waals surface area contributed by atoms with Crippen LogP contribution < -0.4 is 10.6 Å².